The van der Waals surface area contributed by atoms with E-state index in [9.17, 15) is 14.4 Å². The first-order valence-corrected chi connectivity index (χ1v) is 14.0. The van der Waals surface area contributed by atoms with Gasteiger partial charge in [-0.1, -0.05) is 106 Å². The van der Waals surface area contributed by atoms with Gasteiger partial charge in [-0.25, -0.2) is 0 Å². The summed E-state index contributed by atoms with van der Waals surface area (Å²) in [5.41, 5.74) is 8.11. The maximum absolute atomic E-state index is 14.4. The average Bonchev–Trinajstić information content (AvgIpc) is 3.46. The Morgan fingerprint density at radius 1 is 0.927 bits per heavy atom. The molecule has 1 saturated heterocycles. The summed E-state index contributed by atoms with van der Waals surface area (Å²) in [5, 5.41) is 13.6. The Hall–Kier alpha value is -4.46. The highest BCUT2D eigenvalue weighted by molar-refractivity contribution is 5.95. The van der Waals surface area contributed by atoms with E-state index in [0.717, 1.165) is 16.7 Å². The van der Waals surface area contributed by atoms with Gasteiger partial charge in [0, 0.05) is 30.0 Å². The fourth-order valence-electron chi connectivity index (χ4n) is 5.13. The van der Waals surface area contributed by atoms with Crippen LogP contribution in [-0.4, -0.2) is 47.1 Å². The molecule has 0 radical (unpaired) electrons. The minimum Gasteiger partial charge on any atom is -0.384 e. The van der Waals surface area contributed by atoms with Crippen LogP contribution in [0.5, 0.6) is 0 Å². The van der Waals surface area contributed by atoms with Crippen LogP contribution < -0.4 is 16.4 Å². The Labute approximate surface area is 241 Å². The first-order valence-electron chi connectivity index (χ1n) is 14.0. The third-order valence-electron chi connectivity index (χ3n) is 7.45. The molecule has 0 saturated carbocycles. The maximum Gasteiger partial charge on any atom is 0.246 e. The molecule has 1 fully saturated rings. The molecule has 2 atom stereocenters. The quantitative estimate of drug-likeness (QED) is 0.236. The molecule has 5 N–H and O–H groups in total. The van der Waals surface area contributed by atoms with Crippen LogP contribution in [0.1, 0.15) is 61.8 Å². The van der Waals surface area contributed by atoms with Gasteiger partial charge in [0.15, 0.2) is 0 Å². The van der Waals surface area contributed by atoms with Gasteiger partial charge in [0.25, 0.3) is 0 Å². The summed E-state index contributed by atoms with van der Waals surface area (Å²) >= 11 is 0. The second kappa shape index (κ2) is 12.8. The molecule has 3 amide bonds. The predicted octanol–water partition coefficient (Wildman–Crippen LogP) is 3.94. The highest BCUT2D eigenvalue weighted by Gasteiger charge is 2.42. The van der Waals surface area contributed by atoms with E-state index in [1.165, 1.54) is 0 Å². The molecule has 1 aliphatic heterocycles. The molecule has 0 bridgehead atoms. The number of hydrogen-bond donors (Lipinski definition) is 4. The number of likely N-dealkylation sites (tertiary alicyclic amines) is 1. The molecular weight excluding hydrogens is 514 g/mol. The van der Waals surface area contributed by atoms with Gasteiger partial charge in [-0.05, 0) is 29.5 Å². The number of nitrogens with two attached hydrogens (primary N) is 1. The standard InChI is InChI=1S/C33H39N5O3/c1-33(2,3)32(41)37-28(27(23-11-6-4-7-12-23)24-13-8-5-9-14-24)31(40)38-20-10-15-26(38)30(39)36-21-22-16-18-25(19-17-22)29(34)35/h4-9,11-14,16-19,26-28H,10,15,20-21H2,1-3H3,(H3,34,35)(H,36,39)(H,37,41). The third-order valence-corrected chi connectivity index (χ3v) is 7.45. The Kier molecular flexibility index (Phi) is 9.22. The van der Waals surface area contributed by atoms with Gasteiger partial charge in [0.1, 0.15) is 17.9 Å². The molecule has 4 rings (SSSR count). The smallest absolute Gasteiger partial charge is 0.246 e. The number of nitrogens with one attached hydrogen (secondary N) is 3. The molecule has 3 aromatic carbocycles. The van der Waals surface area contributed by atoms with Gasteiger partial charge < -0.3 is 21.3 Å². The van der Waals surface area contributed by atoms with Crippen molar-refractivity contribution < 1.29 is 14.4 Å². The normalized spacial score (nSPS) is 15.8. The molecule has 41 heavy (non-hydrogen) atoms. The van der Waals surface area contributed by atoms with Crippen molar-refractivity contribution in [2.45, 2.75) is 58.2 Å². The topological polar surface area (TPSA) is 128 Å². The Balaban J connectivity index is 1.61. The van der Waals surface area contributed by atoms with Crippen molar-refractivity contribution in [1.29, 1.82) is 5.41 Å². The van der Waals surface area contributed by atoms with Crippen molar-refractivity contribution >= 4 is 23.6 Å². The van der Waals surface area contributed by atoms with Crippen LogP contribution in [0, 0.1) is 10.8 Å². The van der Waals surface area contributed by atoms with Gasteiger partial charge in [0.2, 0.25) is 17.7 Å². The van der Waals surface area contributed by atoms with Gasteiger partial charge in [-0.2, -0.15) is 0 Å². The number of nitrogen functional groups attached to an aromatic ring is 1. The van der Waals surface area contributed by atoms with Crippen molar-refractivity contribution in [2.24, 2.45) is 11.1 Å². The Morgan fingerprint density at radius 3 is 2.00 bits per heavy atom. The molecule has 0 aliphatic carbocycles. The first kappa shape index (κ1) is 29.5. The maximum atomic E-state index is 14.4. The lowest BCUT2D eigenvalue weighted by molar-refractivity contribution is -0.142. The van der Waals surface area contributed by atoms with E-state index >= 15 is 0 Å². The van der Waals surface area contributed by atoms with Crippen LogP contribution in [0.4, 0.5) is 0 Å². The van der Waals surface area contributed by atoms with E-state index in [0.29, 0.717) is 24.9 Å². The highest BCUT2D eigenvalue weighted by Crippen LogP contribution is 2.32. The molecule has 0 aromatic heterocycles. The van der Waals surface area contributed by atoms with Gasteiger partial charge >= 0.3 is 0 Å². The number of nitrogens with zero attached hydrogens (tertiary/aromatic N) is 1. The second-order valence-electron chi connectivity index (χ2n) is 11.5. The number of carbonyl (C=O) groups excluding carboxylic acids is 3. The van der Waals surface area contributed by atoms with Crippen molar-refractivity contribution in [1.82, 2.24) is 15.5 Å². The summed E-state index contributed by atoms with van der Waals surface area (Å²) in [6, 6.07) is 25.0. The zero-order valence-corrected chi connectivity index (χ0v) is 23.9. The summed E-state index contributed by atoms with van der Waals surface area (Å²) in [7, 11) is 0. The van der Waals surface area contributed by atoms with E-state index in [1.807, 2.05) is 93.6 Å². The van der Waals surface area contributed by atoms with E-state index in [2.05, 4.69) is 10.6 Å². The zero-order chi connectivity index (χ0) is 29.6. The summed E-state index contributed by atoms with van der Waals surface area (Å²) in [5.74, 6) is -1.20. The van der Waals surface area contributed by atoms with Crippen molar-refractivity contribution in [3.63, 3.8) is 0 Å². The minimum absolute atomic E-state index is 0.0156. The van der Waals surface area contributed by atoms with Crippen molar-refractivity contribution in [2.75, 3.05) is 6.54 Å². The number of carbonyl (C=O) groups is 3. The summed E-state index contributed by atoms with van der Waals surface area (Å²) in [4.78, 5) is 42.7. The SMILES string of the molecule is CC(C)(C)C(=O)NC(C(=O)N1CCCC1C(=O)NCc1ccc(C(=N)N)cc1)C(c1ccccc1)c1ccccc1. The van der Waals surface area contributed by atoms with E-state index < -0.39 is 23.4 Å². The summed E-state index contributed by atoms with van der Waals surface area (Å²) in [6.45, 7) is 6.18. The van der Waals surface area contributed by atoms with E-state index in [-0.39, 0.29) is 30.1 Å². The second-order valence-corrected chi connectivity index (χ2v) is 11.5. The number of hydrogen-bond acceptors (Lipinski definition) is 4. The number of amides is 3. The monoisotopic (exact) mass is 553 g/mol. The third kappa shape index (κ3) is 7.20. The molecule has 1 aliphatic rings. The lowest BCUT2D eigenvalue weighted by atomic mass is 9.83. The molecule has 1 heterocycles. The van der Waals surface area contributed by atoms with Gasteiger partial charge in [-0.3, -0.25) is 19.8 Å². The lowest BCUT2D eigenvalue weighted by Crippen LogP contribution is -2.56. The van der Waals surface area contributed by atoms with E-state index in [4.69, 9.17) is 11.1 Å². The summed E-state index contributed by atoms with van der Waals surface area (Å²) in [6.07, 6.45) is 1.24. The number of benzene rings is 3. The van der Waals surface area contributed by atoms with Crippen LogP contribution in [0.25, 0.3) is 0 Å². The van der Waals surface area contributed by atoms with Crippen LogP contribution in [0.15, 0.2) is 84.9 Å². The molecule has 8 heteroatoms. The molecular formula is C33H39N5O3. The Bertz CT molecular complexity index is 1330. The summed E-state index contributed by atoms with van der Waals surface area (Å²) < 4.78 is 0. The molecule has 2 unspecified atom stereocenters. The first-order chi connectivity index (χ1) is 19.6. The minimum atomic E-state index is -0.904. The van der Waals surface area contributed by atoms with Crippen LogP contribution in [-0.2, 0) is 20.9 Å². The van der Waals surface area contributed by atoms with Crippen molar-refractivity contribution in [3.05, 3.63) is 107 Å². The fourth-order valence-corrected chi connectivity index (χ4v) is 5.13. The zero-order valence-electron chi connectivity index (χ0n) is 23.9. The molecule has 0 spiro atoms. The van der Waals surface area contributed by atoms with E-state index in [1.54, 1.807) is 17.0 Å². The predicted molar refractivity (Wildman–Crippen MR) is 160 cm³/mol. The highest BCUT2D eigenvalue weighted by atomic mass is 16.2. The van der Waals surface area contributed by atoms with Gasteiger partial charge in [-0.15, -0.1) is 0 Å². The molecule has 8 nitrogen and oxygen atoms in total. The van der Waals surface area contributed by atoms with Crippen LogP contribution in [0.3, 0.4) is 0 Å². The fraction of sp³-hybridized carbons (Fsp3) is 0.333. The molecule has 214 valence electrons. The number of amidine groups is 1. The largest absolute Gasteiger partial charge is 0.384 e. The van der Waals surface area contributed by atoms with Crippen molar-refractivity contribution in [3.8, 4) is 0 Å². The Morgan fingerprint density at radius 2 is 1.49 bits per heavy atom. The number of rotatable bonds is 9. The van der Waals surface area contributed by atoms with Gasteiger partial charge in [0.05, 0.1) is 0 Å². The lowest BCUT2D eigenvalue weighted by Gasteiger charge is -2.35. The van der Waals surface area contributed by atoms with Crippen LogP contribution in [0.2, 0.25) is 0 Å². The average molecular weight is 554 g/mol. The van der Waals surface area contributed by atoms with Crippen LogP contribution >= 0.6 is 0 Å². The molecule has 3 aromatic rings.